The van der Waals surface area contributed by atoms with Gasteiger partial charge in [-0.3, -0.25) is 4.68 Å². The van der Waals surface area contributed by atoms with Crippen LogP contribution in [0, 0.1) is 0 Å². The fourth-order valence-corrected chi connectivity index (χ4v) is 1.92. The average molecular weight is 259 g/mol. The fraction of sp³-hybridized carbons (Fsp3) is 0.400. The summed E-state index contributed by atoms with van der Waals surface area (Å²) in [7, 11) is 1.68. The molecule has 1 aromatic carbocycles. The van der Waals surface area contributed by atoms with Crippen LogP contribution < -0.4 is 10.1 Å². The van der Waals surface area contributed by atoms with E-state index >= 15 is 0 Å². The minimum Gasteiger partial charge on any atom is -0.497 e. The van der Waals surface area contributed by atoms with Crippen molar-refractivity contribution in [2.45, 2.75) is 32.9 Å². The molecule has 0 saturated heterocycles. The first kappa shape index (κ1) is 13.5. The molecule has 19 heavy (non-hydrogen) atoms. The molecule has 4 nitrogen and oxygen atoms in total. The Kier molecular flexibility index (Phi) is 4.10. The van der Waals surface area contributed by atoms with E-state index in [0.29, 0.717) is 6.04 Å². The second kappa shape index (κ2) is 5.78. The second-order valence-corrected chi connectivity index (χ2v) is 4.94. The second-order valence-electron chi connectivity index (χ2n) is 4.94. The van der Waals surface area contributed by atoms with Crippen LogP contribution in [0.25, 0.3) is 0 Å². The first-order valence-electron chi connectivity index (χ1n) is 6.55. The maximum Gasteiger partial charge on any atom is 0.118 e. The van der Waals surface area contributed by atoms with Gasteiger partial charge in [0, 0.05) is 18.3 Å². The SMILES string of the molecule is COc1ccc(C(C)Nc2cnn(C(C)C)c2)cc1. The van der Waals surface area contributed by atoms with E-state index in [2.05, 4.69) is 43.3 Å². The van der Waals surface area contributed by atoms with Crippen molar-refractivity contribution in [1.82, 2.24) is 9.78 Å². The smallest absolute Gasteiger partial charge is 0.118 e. The van der Waals surface area contributed by atoms with Crippen molar-refractivity contribution in [1.29, 1.82) is 0 Å². The lowest BCUT2D eigenvalue weighted by Gasteiger charge is -2.14. The first-order chi connectivity index (χ1) is 9.10. The van der Waals surface area contributed by atoms with E-state index in [1.165, 1.54) is 5.56 Å². The number of rotatable bonds is 5. The molecule has 0 aliphatic rings. The van der Waals surface area contributed by atoms with E-state index in [1.807, 2.05) is 29.2 Å². The quantitative estimate of drug-likeness (QED) is 0.891. The molecule has 102 valence electrons. The molecule has 2 rings (SSSR count). The first-order valence-corrected chi connectivity index (χ1v) is 6.55. The maximum atomic E-state index is 5.16. The van der Waals surface area contributed by atoms with Crippen molar-refractivity contribution in [3.05, 3.63) is 42.2 Å². The van der Waals surface area contributed by atoms with Gasteiger partial charge in [-0.1, -0.05) is 12.1 Å². The summed E-state index contributed by atoms with van der Waals surface area (Å²) in [5, 5.41) is 7.77. The van der Waals surface area contributed by atoms with Gasteiger partial charge in [-0.15, -0.1) is 0 Å². The summed E-state index contributed by atoms with van der Waals surface area (Å²) >= 11 is 0. The van der Waals surface area contributed by atoms with Crippen molar-refractivity contribution < 1.29 is 4.74 Å². The Morgan fingerprint density at radius 2 is 1.84 bits per heavy atom. The Hall–Kier alpha value is -1.97. The van der Waals surface area contributed by atoms with E-state index in [4.69, 9.17) is 4.74 Å². The normalized spacial score (nSPS) is 12.5. The molecule has 0 radical (unpaired) electrons. The molecular formula is C15H21N3O. The molecule has 4 heteroatoms. The van der Waals surface area contributed by atoms with Gasteiger partial charge in [-0.2, -0.15) is 5.10 Å². The molecule has 0 amide bonds. The number of aromatic nitrogens is 2. The number of anilines is 1. The van der Waals surface area contributed by atoms with Crippen molar-refractivity contribution in [2.75, 3.05) is 12.4 Å². The van der Waals surface area contributed by atoms with Gasteiger partial charge in [0.05, 0.1) is 19.0 Å². The zero-order valence-electron chi connectivity index (χ0n) is 11.9. The summed E-state index contributed by atoms with van der Waals surface area (Å²) in [5.74, 6) is 0.878. The summed E-state index contributed by atoms with van der Waals surface area (Å²) in [6.45, 7) is 6.36. The van der Waals surface area contributed by atoms with Crippen LogP contribution in [0.4, 0.5) is 5.69 Å². The van der Waals surface area contributed by atoms with Crippen LogP contribution in [0.2, 0.25) is 0 Å². The Morgan fingerprint density at radius 1 is 1.16 bits per heavy atom. The molecule has 0 fully saturated rings. The Bertz CT molecular complexity index is 516. The molecule has 0 spiro atoms. The van der Waals surface area contributed by atoms with Crippen LogP contribution in [-0.2, 0) is 0 Å². The van der Waals surface area contributed by atoms with Gasteiger partial charge in [0.25, 0.3) is 0 Å². The molecule has 1 atom stereocenters. The third kappa shape index (κ3) is 3.28. The number of methoxy groups -OCH3 is 1. The molecular weight excluding hydrogens is 238 g/mol. The van der Waals surface area contributed by atoms with Crippen molar-refractivity contribution in [3.8, 4) is 5.75 Å². The Labute approximate surface area is 114 Å². The molecule has 1 unspecified atom stereocenters. The maximum absolute atomic E-state index is 5.16. The molecule has 0 saturated carbocycles. The number of hydrogen-bond donors (Lipinski definition) is 1. The van der Waals surface area contributed by atoms with Crippen molar-refractivity contribution in [3.63, 3.8) is 0 Å². The summed E-state index contributed by atoms with van der Waals surface area (Å²) in [5.41, 5.74) is 2.26. The lowest BCUT2D eigenvalue weighted by Crippen LogP contribution is -2.06. The number of benzene rings is 1. The Balaban J connectivity index is 2.04. The molecule has 0 bridgehead atoms. The van der Waals surface area contributed by atoms with Crippen LogP contribution in [0.3, 0.4) is 0 Å². The van der Waals surface area contributed by atoms with Gasteiger partial charge in [0.2, 0.25) is 0 Å². The predicted molar refractivity (Wildman–Crippen MR) is 77.6 cm³/mol. The molecule has 2 aromatic rings. The van der Waals surface area contributed by atoms with Crippen LogP contribution in [0.1, 0.15) is 38.4 Å². The van der Waals surface area contributed by atoms with Crippen LogP contribution in [0.5, 0.6) is 5.75 Å². The van der Waals surface area contributed by atoms with Gasteiger partial charge in [0.1, 0.15) is 5.75 Å². The van der Waals surface area contributed by atoms with Gasteiger partial charge in [-0.05, 0) is 38.5 Å². The zero-order chi connectivity index (χ0) is 13.8. The Morgan fingerprint density at radius 3 is 2.37 bits per heavy atom. The summed E-state index contributed by atoms with van der Waals surface area (Å²) < 4.78 is 7.11. The molecule has 1 aromatic heterocycles. The number of ether oxygens (including phenoxy) is 1. The summed E-state index contributed by atoms with van der Waals surface area (Å²) in [6.07, 6.45) is 3.89. The largest absolute Gasteiger partial charge is 0.497 e. The van der Waals surface area contributed by atoms with E-state index in [1.54, 1.807) is 7.11 Å². The van der Waals surface area contributed by atoms with Crippen molar-refractivity contribution >= 4 is 5.69 Å². The predicted octanol–water partition coefficient (Wildman–Crippen LogP) is 3.65. The van der Waals surface area contributed by atoms with E-state index in [-0.39, 0.29) is 6.04 Å². The van der Waals surface area contributed by atoms with Crippen LogP contribution >= 0.6 is 0 Å². The number of hydrogen-bond acceptors (Lipinski definition) is 3. The topological polar surface area (TPSA) is 39.1 Å². The van der Waals surface area contributed by atoms with E-state index < -0.39 is 0 Å². The molecule has 1 heterocycles. The minimum atomic E-state index is 0.232. The standard InChI is InChI=1S/C15H21N3O/c1-11(2)18-10-14(9-16-18)17-12(3)13-5-7-15(19-4)8-6-13/h5-12,17H,1-4H3. The third-order valence-electron chi connectivity index (χ3n) is 3.13. The van der Waals surface area contributed by atoms with Gasteiger partial charge in [0.15, 0.2) is 0 Å². The highest BCUT2D eigenvalue weighted by Crippen LogP contribution is 2.21. The highest BCUT2D eigenvalue weighted by Gasteiger charge is 2.07. The van der Waals surface area contributed by atoms with Crippen molar-refractivity contribution in [2.24, 2.45) is 0 Å². The number of nitrogens with one attached hydrogen (secondary N) is 1. The summed E-state index contributed by atoms with van der Waals surface area (Å²) in [6, 6.07) is 8.71. The summed E-state index contributed by atoms with van der Waals surface area (Å²) in [4.78, 5) is 0. The van der Waals surface area contributed by atoms with Gasteiger partial charge in [-0.25, -0.2) is 0 Å². The zero-order valence-corrected chi connectivity index (χ0v) is 11.9. The minimum absolute atomic E-state index is 0.232. The highest BCUT2D eigenvalue weighted by atomic mass is 16.5. The van der Waals surface area contributed by atoms with E-state index in [0.717, 1.165) is 11.4 Å². The lowest BCUT2D eigenvalue weighted by atomic mass is 10.1. The molecule has 0 aliphatic carbocycles. The van der Waals surface area contributed by atoms with Gasteiger partial charge < -0.3 is 10.1 Å². The highest BCUT2D eigenvalue weighted by molar-refractivity contribution is 5.42. The third-order valence-corrected chi connectivity index (χ3v) is 3.13. The van der Waals surface area contributed by atoms with Gasteiger partial charge >= 0.3 is 0 Å². The fourth-order valence-electron chi connectivity index (χ4n) is 1.92. The lowest BCUT2D eigenvalue weighted by molar-refractivity contribution is 0.414. The van der Waals surface area contributed by atoms with Crippen LogP contribution in [-0.4, -0.2) is 16.9 Å². The monoisotopic (exact) mass is 259 g/mol. The molecule has 0 aliphatic heterocycles. The molecule has 1 N–H and O–H groups in total. The van der Waals surface area contributed by atoms with E-state index in [9.17, 15) is 0 Å². The average Bonchev–Trinajstić information content (AvgIpc) is 2.87. The number of nitrogens with zero attached hydrogens (tertiary/aromatic N) is 2. The van der Waals surface area contributed by atoms with Crippen LogP contribution in [0.15, 0.2) is 36.7 Å².